The summed E-state index contributed by atoms with van der Waals surface area (Å²) in [5, 5.41) is 0. The van der Waals surface area contributed by atoms with E-state index in [2.05, 4.69) is 19.9 Å². The van der Waals surface area contributed by atoms with E-state index in [1.807, 2.05) is 48.5 Å². The number of benzene rings is 2. The zero-order valence-electron chi connectivity index (χ0n) is 11.6. The van der Waals surface area contributed by atoms with Crippen LogP contribution < -0.4 is 4.74 Å². The van der Waals surface area contributed by atoms with Gasteiger partial charge in [-0.15, -0.1) is 0 Å². The van der Waals surface area contributed by atoms with E-state index in [0.717, 1.165) is 22.4 Å². The Kier molecular flexibility index (Phi) is 3.01. The second-order valence-electron chi connectivity index (χ2n) is 4.78. The largest absolute Gasteiger partial charge is 0.437 e. The van der Waals surface area contributed by atoms with E-state index in [0.29, 0.717) is 11.6 Å². The van der Waals surface area contributed by atoms with Crippen LogP contribution >= 0.6 is 0 Å². The first kappa shape index (κ1) is 12.5. The number of aromatic nitrogens is 4. The Hall–Kier alpha value is -3.21. The molecule has 5 heteroatoms. The number of aromatic amines is 1. The Morgan fingerprint density at radius 2 is 1.91 bits per heavy atom. The maximum Gasteiger partial charge on any atom is 0.237 e. The molecule has 0 amide bonds. The van der Waals surface area contributed by atoms with Gasteiger partial charge in [0.25, 0.3) is 0 Å². The topological polar surface area (TPSA) is 63.7 Å². The summed E-state index contributed by atoms with van der Waals surface area (Å²) in [6.45, 7) is 0. The van der Waals surface area contributed by atoms with Crippen LogP contribution in [0.15, 0.2) is 67.1 Å². The van der Waals surface area contributed by atoms with Crippen LogP contribution in [0.25, 0.3) is 22.4 Å². The minimum absolute atomic E-state index is 0.462. The van der Waals surface area contributed by atoms with Crippen molar-refractivity contribution in [3.63, 3.8) is 0 Å². The molecule has 0 saturated heterocycles. The van der Waals surface area contributed by atoms with Crippen LogP contribution in [0.3, 0.4) is 0 Å². The molecule has 5 nitrogen and oxygen atoms in total. The average Bonchev–Trinajstić information content (AvgIpc) is 3.00. The number of nitrogens with zero attached hydrogens (tertiary/aromatic N) is 3. The smallest absolute Gasteiger partial charge is 0.237 e. The molecule has 0 aliphatic rings. The molecule has 0 saturated carbocycles. The van der Waals surface area contributed by atoms with Crippen molar-refractivity contribution in [2.75, 3.05) is 0 Å². The monoisotopic (exact) mass is 288 g/mol. The van der Waals surface area contributed by atoms with Gasteiger partial charge in [0.05, 0.1) is 17.2 Å². The van der Waals surface area contributed by atoms with Gasteiger partial charge < -0.3 is 9.72 Å². The predicted molar refractivity (Wildman–Crippen MR) is 83.6 cm³/mol. The fourth-order valence-electron chi connectivity index (χ4n) is 2.26. The number of imidazole rings is 1. The molecule has 0 atom stereocenters. The second kappa shape index (κ2) is 5.29. The molecule has 106 valence electrons. The molecule has 0 aliphatic heterocycles. The average molecular weight is 288 g/mol. The van der Waals surface area contributed by atoms with Crippen LogP contribution in [0.2, 0.25) is 0 Å². The normalized spacial score (nSPS) is 10.7. The van der Waals surface area contributed by atoms with Crippen LogP contribution in [0.5, 0.6) is 11.6 Å². The summed E-state index contributed by atoms with van der Waals surface area (Å²) in [6.07, 6.45) is 4.78. The minimum atomic E-state index is 0.462. The Morgan fingerprint density at radius 3 is 2.77 bits per heavy atom. The van der Waals surface area contributed by atoms with E-state index in [4.69, 9.17) is 4.74 Å². The maximum atomic E-state index is 5.70. The van der Waals surface area contributed by atoms with Crippen molar-refractivity contribution in [1.82, 2.24) is 19.9 Å². The SMILES string of the molecule is c1cc(Oc2cnccn2)cc(-c2nc3ccccc3[nH]2)c1. The zero-order chi connectivity index (χ0) is 14.8. The number of ether oxygens (including phenoxy) is 1. The van der Waals surface area contributed by atoms with Gasteiger partial charge in [0.2, 0.25) is 5.88 Å². The van der Waals surface area contributed by atoms with E-state index in [9.17, 15) is 0 Å². The summed E-state index contributed by atoms with van der Waals surface area (Å²) in [4.78, 5) is 16.0. The highest BCUT2D eigenvalue weighted by molar-refractivity contribution is 5.79. The molecule has 2 aromatic heterocycles. The standard InChI is InChI=1S/C17H12N4O/c1-2-7-15-14(6-1)20-17(21-15)12-4-3-5-13(10-12)22-16-11-18-8-9-19-16/h1-11H,(H,20,21). The molecule has 2 aromatic carbocycles. The lowest BCUT2D eigenvalue weighted by Gasteiger charge is -2.05. The van der Waals surface area contributed by atoms with Gasteiger partial charge >= 0.3 is 0 Å². The molecule has 0 radical (unpaired) electrons. The van der Waals surface area contributed by atoms with Crippen molar-refractivity contribution in [3.05, 3.63) is 67.1 Å². The fourth-order valence-corrected chi connectivity index (χ4v) is 2.26. The molecule has 4 rings (SSSR count). The van der Waals surface area contributed by atoms with Gasteiger partial charge in [-0.05, 0) is 24.3 Å². The van der Waals surface area contributed by atoms with E-state index >= 15 is 0 Å². The summed E-state index contributed by atoms with van der Waals surface area (Å²) in [5.41, 5.74) is 2.91. The second-order valence-corrected chi connectivity index (χ2v) is 4.78. The molecule has 0 fully saturated rings. The number of para-hydroxylation sites is 2. The highest BCUT2D eigenvalue weighted by atomic mass is 16.5. The van der Waals surface area contributed by atoms with Crippen molar-refractivity contribution >= 4 is 11.0 Å². The molecule has 22 heavy (non-hydrogen) atoms. The molecule has 0 unspecified atom stereocenters. The van der Waals surface area contributed by atoms with Crippen molar-refractivity contribution < 1.29 is 4.74 Å². The lowest BCUT2D eigenvalue weighted by atomic mass is 10.2. The third kappa shape index (κ3) is 2.40. The number of hydrogen-bond acceptors (Lipinski definition) is 4. The van der Waals surface area contributed by atoms with Gasteiger partial charge in [-0.1, -0.05) is 24.3 Å². The van der Waals surface area contributed by atoms with Gasteiger partial charge in [-0.2, -0.15) is 0 Å². The number of H-pyrrole nitrogens is 1. The Morgan fingerprint density at radius 1 is 0.955 bits per heavy atom. The minimum Gasteiger partial charge on any atom is -0.437 e. The molecule has 4 aromatic rings. The Balaban J connectivity index is 1.69. The van der Waals surface area contributed by atoms with E-state index in [1.165, 1.54) is 0 Å². The van der Waals surface area contributed by atoms with Crippen LogP contribution in [0, 0.1) is 0 Å². The van der Waals surface area contributed by atoms with Gasteiger partial charge in [0.15, 0.2) is 0 Å². The quantitative estimate of drug-likeness (QED) is 0.622. The fraction of sp³-hybridized carbons (Fsp3) is 0. The predicted octanol–water partition coefficient (Wildman–Crippen LogP) is 3.81. The molecule has 0 bridgehead atoms. The first-order valence-electron chi connectivity index (χ1n) is 6.87. The molecular weight excluding hydrogens is 276 g/mol. The summed E-state index contributed by atoms with van der Waals surface area (Å²) in [6, 6.07) is 15.7. The summed E-state index contributed by atoms with van der Waals surface area (Å²) >= 11 is 0. The number of hydrogen-bond donors (Lipinski definition) is 1. The lowest BCUT2D eigenvalue weighted by molar-refractivity contribution is 0.460. The van der Waals surface area contributed by atoms with Gasteiger partial charge in [-0.3, -0.25) is 4.98 Å². The van der Waals surface area contributed by atoms with Gasteiger partial charge in [-0.25, -0.2) is 9.97 Å². The summed E-state index contributed by atoms with van der Waals surface area (Å²) < 4.78 is 5.70. The third-order valence-electron chi connectivity index (χ3n) is 3.26. The summed E-state index contributed by atoms with van der Waals surface area (Å²) in [5.74, 6) is 1.97. The van der Waals surface area contributed by atoms with Crippen molar-refractivity contribution in [3.8, 4) is 23.0 Å². The molecule has 2 heterocycles. The maximum absolute atomic E-state index is 5.70. The molecule has 0 spiro atoms. The van der Waals surface area contributed by atoms with Crippen LogP contribution in [-0.4, -0.2) is 19.9 Å². The zero-order valence-corrected chi connectivity index (χ0v) is 11.6. The van der Waals surface area contributed by atoms with Crippen LogP contribution in [-0.2, 0) is 0 Å². The highest BCUT2D eigenvalue weighted by Gasteiger charge is 2.06. The van der Waals surface area contributed by atoms with Crippen LogP contribution in [0.4, 0.5) is 0 Å². The number of nitrogens with one attached hydrogen (secondary N) is 1. The highest BCUT2D eigenvalue weighted by Crippen LogP contribution is 2.26. The Bertz CT molecular complexity index is 885. The first-order chi connectivity index (χ1) is 10.9. The van der Waals surface area contributed by atoms with Crippen LogP contribution in [0.1, 0.15) is 0 Å². The van der Waals surface area contributed by atoms with E-state index < -0.39 is 0 Å². The molecular formula is C17H12N4O. The van der Waals surface area contributed by atoms with Crippen molar-refractivity contribution in [2.24, 2.45) is 0 Å². The lowest BCUT2D eigenvalue weighted by Crippen LogP contribution is -1.89. The van der Waals surface area contributed by atoms with E-state index in [-0.39, 0.29) is 0 Å². The molecule has 1 N–H and O–H groups in total. The summed E-state index contributed by atoms with van der Waals surface area (Å²) in [7, 11) is 0. The first-order valence-corrected chi connectivity index (χ1v) is 6.87. The van der Waals surface area contributed by atoms with E-state index in [1.54, 1.807) is 18.6 Å². The van der Waals surface area contributed by atoms with Gasteiger partial charge in [0, 0.05) is 18.0 Å². The Labute approximate surface area is 126 Å². The number of rotatable bonds is 3. The van der Waals surface area contributed by atoms with Crippen molar-refractivity contribution in [1.29, 1.82) is 0 Å². The number of fused-ring (bicyclic) bond motifs is 1. The molecule has 0 aliphatic carbocycles. The third-order valence-corrected chi connectivity index (χ3v) is 3.26. The van der Waals surface area contributed by atoms with Gasteiger partial charge in [0.1, 0.15) is 11.6 Å². The van der Waals surface area contributed by atoms with Crippen molar-refractivity contribution in [2.45, 2.75) is 0 Å².